The number of aromatic nitrogens is 2. The normalized spacial score (nSPS) is 17.9. The summed E-state index contributed by atoms with van der Waals surface area (Å²) in [5, 5.41) is 4.20. The fourth-order valence-electron chi connectivity index (χ4n) is 4.21. The third-order valence-electron chi connectivity index (χ3n) is 5.47. The first kappa shape index (κ1) is 17.8. The zero-order valence-electron chi connectivity index (χ0n) is 15.8. The first-order valence-corrected chi connectivity index (χ1v) is 9.75. The smallest absolute Gasteiger partial charge is 0.243 e. The topological polar surface area (TPSA) is 49.8 Å². The third-order valence-corrected chi connectivity index (χ3v) is 5.47. The lowest BCUT2D eigenvalue weighted by molar-refractivity contribution is -0.125. The fourth-order valence-corrected chi connectivity index (χ4v) is 4.21. The van der Waals surface area contributed by atoms with Crippen LogP contribution in [0.3, 0.4) is 0 Å². The molecule has 2 heterocycles. The van der Waals surface area contributed by atoms with Gasteiger partial charge in [0.1, 0.15) is 11.9 Å². The molecule has 27 heavy (non-hydrogen) atoms. The van der Waals surface area contributed by atoms with E-state index in [1.807, 2.05) is 29.1 Å². The highest BCUT2D eigenvalue weighted by atomic mass is 19.1. The van der Waals surface area contributed by atoms with Gasteiger partial charge in [-0.1, -0.05) is 13.8 Å². The Bertz CT molecular complexity index is 942. The minimum Gasteiger partial charge on any atom is -0.356 e. The van der Waals surface area contributed by atoms with Gasteiger partial charge >= 0.3 is 0 Å². The average molecular weight is 367 g/mol. The number of aryl methyl sites for hydroxylation is 1. The Balaban J connectivity index is 1.61. The van der Waals surface area contributed by atoms with Crippen LogP contribution >= 0.6 is 0 Å². The lowest BCUT2D eigenvalue weighted by Crippen LogP contribution is -2.37. The van der Waals surface area contributed by atoms with Crippen LogP contribution in [0, 0.1) is 11.7 Å². The van der Waals surface area contributed by atoms with Crippen molar-refractivity contribution in [3.63, 3.8) is 0 Å². The summed E-state index contributed by atoms with van der Waals surface area (Å²) < 4.78 is 15.7. The second-order valence-corrected chi connectivity index (χ2v) is 7.94. The summed E-state index contributed by atoms with van der Waals surface area (Å²) in [6, 6.07) is 8.48. The molecular formula is C22H26FN3O. The van der Waals surface area contributed by atoms with Crippen LogP contribution in [0.25, 0.3) is 10.9 Å². The lowest BCUT2D eigenvalue weighted by atomic mass is 9.91. The van der Waals surface area contributed by atoms with Crippen molar-refractivity contribution < 1.29 is 9.18 Å². The number of hydrogen-bond acceptors (Lipinski definition) is 1. The van der Waals surface area contributed by atoms with Crippen molar-refractivity contribution in [1.29, 1.82) is 0 Å². The molecule has 2 N–H and O–H groups in total. The van der Waals surface area contributed by atoms with Crippen LogP contribution in [0.4, 0.5) is 4.39 Å². The van der Waals surface area contributed by atoms with Crippen LogP contribution in [0.1, 0.15) is 56.5 Å². The van der Waals surface area contributed by atoms with Crippen molar-refractivity contribution in [3.05, 3.63) is 59.8 Å². The maximum absolute atomic E-state index is 13.7. The van der Waals surface area contributed by atoms with E-state index in [0.29, 0.717) is 5.92 Å². The summed E-state index contributed by atoms with van der Waals surface area (Å²) in [4.78, 5) is 16.5. The Kier molecular flexibility index (Phi) is 4.77. The van der Waals surface area contributed by atoms with Gasteiger partial charge in [-0.2, -0.15) is 0 Å². The van der Waals surface area contributed by atoms with Crippen LogP contribution in [-0.4, -0.2) is 15.5 Å². The summed E-state index contributed by atoms with van der Waals surface area (Å²) in [5.41, 5.74) is 3.11. The Morgan fingerprint density at radius 1 is 1.33 bits per heavy atom. The van der Waals surface area contributed by atoms with Gasteiger partial charge in [0.15, 0.2) is 0 Å². The second-order valence-electron chi connectivity index (χ2n) is 7.94. The van der Waals surface area contributed by atoms with Crippen LogP contribution in [-0.2, 0) is 11.2 Å². The molecule has 4 rings (SSSR count). The van der Waals surface area contributed by atoms with Crippen molar-refractivity contribution in [2.24, 2.45) is 5.92 Å². The van der Waals surface area contributed by atoms with Crippen LogP contribution in [0.5, 0.6) is 0 Å². The molecule has 142 valence electrons. The largest absolute Gasteiger partial charge is 0.356 e. The number of hydrogen-bond donors (Lipinski definition) is 2. The van der Waals surface area contributed by atoms with E-state index < -0.39 is 0 Å². The van der Waals surface area contributed by atoms with E-state index in [-0.39, 0.29) is 23.8 Å². The number of fused-ring (bicyclic) bond motifs is 3. The van der Waals surface area contributed by atoms with Gasteiger partial charge in [0, 0.05) is 29.0 Å². The summed E-state index contributed by atoms with van der Waals surface area (Å²) in [7, 11) is 0. The van der Waals surface area contributed by atoms with E-state index >= 15 is 0 Å². The highest BCUT2D eigenvalue weighted by molar-refractivity contribution is 5.86. The molecule has 0 radical (unpaired) electrons. The van der Waals surface area contributed by atoms with Gasteiger partial charge in [-0.15, -0.1) is 0 Å². The molecule has 0 bridgehead atoms. The first-order valence-electron chi connectivity index (χ1n) is 9.75. The van der Waals surface area contributed by atoms with Crippen molar-refractivity contribution in [2.75, 3.05) is 0 Å². The van der Waals surface area contributed by atoms with Gasteiger partial charge in [-0.25, -0.2) is 4.39 Å². The summed E-state index contributed by atoms with van der Waals surface area (Å²) in [5.74, 6) is 0.240. The molecule has 0 fully saturated rings. The molecule has 2 atom stereocenters. The Hall–Kier alpha value is -2.56. The Labute approximate surface area is 158 Å². The zero-order valence-corrected chi connectivity index (χ0v) is 15.8. The molecule has 0 saturated carbocycles. The molecule has 3 aromatic rings. The van der Waals surface area contributed by atoms with Crippen LogP contribution in [0.2, 0.25) is 0 Å². The SMILES string of the molecule is CC(C)C[C@@H](C(=O)N[C@@H]1CCCc2c1[nH]c1ccc(F)cc21)n1cccc1. The zero-order chi connectivity index (χ0) is 19.0. The lowest BCUT2D eigenvalue weighted by Gasteiger charge is -2.27. The maximum Gasteiger partial charge on any atom is 0.243 e. The minimum atomic E-state index is -0.222. The van der Waals surface area contributed by atoms with Gasteiger partial charge in [0.25, 0.3) is 0 Å². The fraction of sp³-hybridized carbons (Fsp3) is 0.409. The monoisotopic (exact) mass is 367 g/mol. The number of carbonyl (C=O) groups excluding carboxylic acids is 1. The number of carbonyl (C=O) groups is 1. The van der Waals surface area contributed by atoms with Gasteiger partial charge in [-0.3, -0.25) is 4.79 Å². The number of aromatic amines is 1. The Morgan fingerprint density at radius 3 is 2.85 bits per heavy atom. The van der Waals surface area contributed by atoms with Gasteiger partial charge in [0.2, 0.25) is 5.91 Å². The number of H-pyrrole nitrogens is 1. The molecule has 4 nitrogen and oxygen atoms in total. The number of rotatable bonds is 5. The highest BCUT2D eigenvalue weighted by Crippen LogP contribution is 2.35. The molecule has 2 aromatic heterocycles. The van der Waals surface area contributed by atoms with Crippen LogP contribution < -0.4 is 5.32 Å². The number of nitrogens with zero attached hydrogens (tertiary/aromatic N) is 1. The number of amides is 1. The van der Waals surface area contributed by atoms with Gasteiger partial charge < -0.3 is 14.9 Å². The maximum atomic E-state index is 13.7. The molecule has 1 amide bonds. The highest BCUT2D eigenvalue weighted by Gasteiger charge is 2.29. The predicted octanol–water partition coefficient (Wildman–Crippen LogP) is 4.89. The standard InChI is InChI=1S/C22H26FN3O/c1-14(2)12-20(26-10-3-4-11-26)22(27)25-19-7-5-6-16-17-13-15(23)8-9-18(17)24-21(16)19/h3-4,8-11,13-14,19-20,24H,5-7,12H2,1-2H3,(H,25,27)/t19-,20+/m1/s1. The molecule has 0 unspecified atom stereocenters. The molecule has 1 aliphatic rings. The number of benzene rings is 1. The van der Waals surface area contributed by atoms with Gasteiger partial charge in [0.05, 0.1) is 6.04 Å². The number of halogens is 1. The van der Waals surface area contributed by atoms with Crippen molar-refractivity contribution in [2.45, 2.75) is 51.6 Å². The summed E-state index contributed by atoms with van der Waals surface area (Å²) in [6.45, 7) is 4.27. The predicted molar refractivity (Wildman–Crippen MR) is 105 cm³/mol. The first-order chi connectivity index (χ1) is 13.0. The molecule has 5 heteroatoms. The molecule has 1 aliphatic carbocycles. The quantitative estimate of drug-likeness (QED) is 0.663. The van der Waals surface area contributed by atoms with Crippen molar-refractivity contribution in [3.8, 4) is 0 Å². The van der Waals surface area contributed by atoms with Crippen molar-refractivity contribution in [1.82, 2.24) is 14.9 Å². The molecule has 0 spiro atoms. The summed E-state index contributed by atoms with van der Waals surface area (Å²) >= 11 is 0. The van der Waals surface area contributed by atoms with E-state index in [4.69, 9.17) is 0 Å². The van der Waals surface area contributed by atoms with Crippen molar-refractivity contribution >= 4 is 16.8 Å². The number of nitrogens with one attached hydrogen (secondary N) is 2. The molecule has 1 aromatic carbocycles. The molecule has 0 aliphatic heterocycles. The third kappa shape index (κ3) is 3.51. The van der Waals surface area contributed by atoms with E-state index in [1.165, 1.54) is 6.07 Å². The van der Waals surface area contributed by atoms with Gasteiger partial charge in [-0.05, 0) is 67.5 Å². The van der Waals surface area contributed by atoms with E-state index in [2.05, 4.69) is 24.1 Å². The summed E-state index contributed by atoms with van der Waals surface area (Å²) in [6.07, 6.45) is 7.49. The second kappa shape index (κ2) is 7.22. The molecule has 0 saturated heterocycles. The molecular weight excluding hydrogens is 341 g/mol. The Morgan fingerprint density at radius 2 is 2.11 bits per heavy atom. The van der Waals surface area contributed by atoms with E-state index in [0.717, 1.165) is 47.8 Å². The van der Waals surface area contributed by atoms with E-state index in [1.54, 1.807) is 12.1 Å². The minimum absolute atomic E-state index is 0.0441. The van der Waals surface area contributed by atoms with Crippen LogP contribution in [0.15, 0.2) is 42.7 Å². The average Bonchev–Trinajstić information content (AvgIpc) is 3.28. The van der Waals surface area contributed by atoms with E-state index in [9.17, 15) is 9.18 Å².